The minimum atomic E-state index is -0.882. The van der Waals surface area contributed by atoms with Crippen molar-refractivity contribution in [2.45, 2.75) is 10.6 Å². The molecular weight excluding hydrogens is 364 g/mol. The van der Waals surface area contributed by atoms with Gasteiger partial charge in [-0.25, -0.2) is 13.8 Å². The van der Waals surface area contributed by atoms with E-state index in [4.69, 9.17) is 0 Å². The zero-order chi connectivity index (χ0) is 17.4. The van der Waals surface area contributed by atoms with Gasteiger partial charge in [0.15, 0.2) is 17.3 Å². The number of aromatic hydroxyl groups is 1. The summed E-state index contributed by atoms with van der Waals surface area (Å²) >= 11 is 2.67. The van der Waals surface area contributed by atoms with Gasteiger partial charge in [-0.1, -0.05) is 12.1 Å². The number of benzene rings is 1. The number of aromatic nitrogens is 3. The van der Waals surface area contributed by atoms with Gasteiger partial charge >= 0.3 is 0 Å². The predicted molar refractivity (Wildman–Crippen MR) is 93.9 cm³/mol. The topological polar surface area (TPSA) is 50.4 Å². The zero-order valence-electron chi connectivity index (χ0n) is 12.7. The number of rotatable bonds is 4. The first-order valence-electron chi connectivity index (χ1n) is 7.31. The molecule has 0 fully saturated rings. The quantitative estimate of drug-likeness (QED) is 0.524. The van der Waals surface area contributed by atoms with E-state index in [0.717, 1.165) is 28.4 Å². The molecule has 0 unspecified atom stereocenters. The monoisotopic (exact) mass is 375 g/mol. The number of hydrogen-bond donors (Lipinski definition) is 1. The Kier molecular flexibility index (Phi) is 4.14. The van der Waals surface area contributed by atoms with Crippen LogP contribution < -0.4 is 0 Å². The second-order valence-electron chi connectivity index (χ2n) is 5.22. The van der Waals surface area contributed by atoms with Gasteiger partial charge in [0.25, 0.3) is 0 Å². The highest BCUT2D eigenvalue weighted by molar-refractivity contribution is 7.98. The van der Waals surface area contributed by atoms with Crippen molar-refractivity contribution in [2.24, 2.45) is 0 Å². The van der Waals surface area contributed by atoms with Crippen molar-refractivity contribution in [3.8, 4) is 16.5 Å². The van der Waals surface area contributed by atoms with Crippen LogP contribution in [0.15, 0.2) is 52.7 Å². The summed E-state index contributed by atoms with van der Waals surface area (Å²) in [5.74, 6) is -1.51. The van der Waals surface area contributed by atoms with Crippen LogP contribution in [0.4, 0.5) is 8.78 Å². The van der Waals surface area contributed by atoms with Crippen LogP contribution in [0.2, 0.25) is 0 Å². The lowest BCUT2D eigenvalue weighted by Crippen LogP contribution is -1.96. The van der Waals surface area contributed by atoms with Crippen LogP contribution >= 0.6 is 23.1 Å². The molecule has 126 valence electrons. The molecule has 8 heteroatoms. The van der Waals surface area contributed by atoms with Crippen molar-refractivity contribution in [3.63, 3.8) is 0 Å². The molecule has 4 aromatic rings. The summed E-state index contributed by atoms with van der Waals surface area (Å²) in [7, 11) is 0. The minimum Gasteiger partial charge on any atom is -0.493 e. The fourth-order valence-corrected chi connectivity index (χ4v) is 3.91. The van der Waals surface area contributed by atoms with Crippen molar-refractivity contribution < 1.29 is 13.9 Å². The maximum atomic E-state index is 13.7. The van der Waals surface area contributed by atoms with Gasteiger partial charge in [0.05, 0.1) is 10.6 Å². The van der Waals surface area contributed by atoms with Crippen LogP contribution in [0, 0.1) is 11.6 Å². The van der Waals surface area contributed by atoms with Crippen LogP contribution in [0.25, 0.3) is 16.2 Å². The highest BCUT2D eigenvalue weighted by atomic mass is 32.2. The number of thioether (sulfide) groups is 1. The fraction of sp³-hybridized carbons (Fsp3) is 0.0588. The van der Waals surface area contributed by atoms with Crippen molar-refractivity contribution >= 4 is 28.7 Å². The van der Waals surface area contributed by atoms with E-state index in [1.54, 1.807) is 17.4 Å². The molecule has 3 heterocycles. The lowest BCUT2D eigenvalue weighted by atomic mass is 10.3. The van der Waals surface area contributed by atoms with E-state index < -0.39 is 11.6 Å². The average molecular weight is 375 g/mol. The molecule has 0 amide bonds. The molecule has 0 aliphatic carbocycles. The molecule has 0 atom stereocenters. The van der Waals surface area contributed by atoms with Gasteiger partial charge in [0.1, 0.15) is 5.69 Å². The van der Waals surface area contributed by atoms with Gasteiger partial charge in [-0.05, 0) is 23.6 Å². The first-order chi connectivity index (χ1) is 12.1. The number of fused-ring (bicyclic) bond motifs is 1. The Balaban J connectivity index is 1.63. The van der Waals surface area contributed by atoms with Crippen LogP contribution in [0.3, 0.4) is 0 Å². The van der Waals surface area contributed by atoms with Crippen LogP contribution in [-0.4, -0.2) is 19.7 Å². The van der Waals surface area contributed by atoms with Crippen LogP contribution in [0.5, 0.6) is 5.88 Å². The maximum Gasteiger partial charge on any atom is 0.215 e. The van der Waals surface area contributed by atoms with Crippen LogP contribution in [0.1, 0.15) is 5.69 Å². The van der Waals surface area contributed by atoms with Gasteiger partial charge in [0, 0.05) is 22.8 Å². The number of hydrogen-bond acceptors (Lipinski definition) is 5. The molecule has 0 spiro atoms. The number of thiophene rings is 1. The summed E-state index contributed by atoms with van der Waals surface area (Å²) in [6, 6.07) is 11.2. The van der Waals surface area contributed by atoms with Crippen molar-refractivity contribution in [3.05, 3.63) is 65.2 Å². The first kappa shape index (κ1) is 16.0. The third-order valence-electron chi connectivity index (χ3n) is 3.53. The highest BCUT2D eigenvalue weighted by Gasteiger charge is 2.13. The summed E-state index contributed by atoms with van der Waals surface area (Å²) in [6.45, 7) is 0. The average Bonchev–Trinajstić information content (AvgIpc) is 3.25. The Bertz CT molecular complexity index is 1050. The molecule has 0 saturated heterocycles. The normalized spacial score (nSPS) is 11.3. The van der Waals surface area contributed by atoms with E-state index in [0.29, 0.717) is 17.1 Å². The smallest absolute Gasteiger partial charge is 0.215 e. The van der Waals surface area contributed by atoms with Crippen molar-refractivity contribution in [2.75, 3.05) is 0 Å². The van der Waals surface area contributed by atoms with Gasteiger partial charge < -0.3 is 5.11 Å². The third kappa shape index (κ3) is 3.10. The lowest BCUT2D eigenvalue weighted by Gasteiger charge is -2.05. The predicted octanol–water partition coefficient (Wildman–Crippen LogP) is 4.73. The summed E-state index contributed by atoms with van der Waals surface area (Å²) in [6.07, 6.45) is 0. The Morgan fingerprint density at radius 3 is 2.84 bits per heavy atom. The van der Waals surface area contributed by atoms with E-state index in [2.05, 4.69) is 10.1 Å². The largest absolute Gasteiger partial charge is 0.493 e. The standard InChI is InChI=1S/C17H11F2N3OS2/c18-11-3-1-4-14(17(11)19)25-9-10-7-16(23)22-15(20-10)8-12(21-22)13-5-2-6-24-13/h1-8,23H,9H2. The highest BCUT2D eigenvalue weighted by Crippen LogP contribution is 2.29. The van der Waals surface area contributed by atoms with Crippen molar-refractivity contribution in [1.82, 2.24) is 14.6 Å². The SMILES string of the molecule is Oc1cc(CSc2cccc(F)c2F)nc2cc(-c3cccs3)nn12. The molecular formula is C17H11F2N3OS2. The van der Waals surface area contributed by atoms with E-state index in [1.807, 2.05) is 17.5 Å². The van der Waals surface area contributed by atoms with E-state index >= 15 is 0 Å². The first-order valence-corrected chi connectivity index (χ1v) is 9.18. The van der Waals surface area contributed by atoms with E-state index in [1.165, 1.54) is 22.7 Å². The van der Waals surface area contributed by atoms with Gasteiger partial charge in [-0.2, -0.15) is 9.61 Å². The van der Waals surface area contributed by atoms with Crippen molar-refractivity contribution in [1.29, 1.82) is 0 Å². The Hall–Kier alpha value is -2.45. The zero-order valence-corrected chi connectivity index (χ0v) is 14.3. The minimum absolute atomic E-state index is 0.0527. The summed E-state index contributed by atoms with van der Waals surface area (Å²) in [5.41, 5.74) is 1.77. The second-order valence-corrected chi connectivity index (χ2v) is 7.19. The molecule has 1 aromatic carbocycles. The van der Waals surface area contributed by atoms with E-state index in [9.17, 15) is 13.9 Å². The molecule has 1 N–H and O–H groups in total. The van der Waals surface area contributed by atoms with E-state index in [-0.39, 0.29) is 10.8 Å². The molecule has 4 nitrogen and oxygen atoms in total. The van der Waals surface area contributed by atoms with Gasteiger partial charge in [-0.3, -0.25) is 0 Å². The maximum absolute atomic E-state index is 13.7. The Morgan fingerprint density at radius 2 is 2.04 bits per heavy atom. The molecule has 0 aliphatic rings. The Morgan fingerprint density at radius 1 is 1.16 bits per heavy atom. The molecule has 0 aliphatic heterocycles. The summed E-state index contributed by atoms with van der Waals surface area (Å²) < 4.78 is 28.3. The summed E-state index contributed by atoms with van der Waals surface area (Å²) in [5, 5.41) is 16.5. The second kappa shape index (κ2) is 6.45. The van der Waals surface area contributed by atoms with Crippen LogP contribution in [-0.2, 0) is 5.75 Å². The molecule has 0 bridgehead atoms. The Labute approximate surface area is 149 Å². The molecule has 25 heavy (non-hydrogen) atoms. The van der Waals surface area contributed by atoms with Gasteiger partial charge in [0.2, 0.25) is 5.88 Å². The number of halogens is 2. The lowest BCUT2D eigenvalue weighted by molar-refractivity contribution is 0.434. The molecule has 0 radical (unpaired) electrons. The number of nitrogens with zero attached hydrogens (tertiary/aromatic N) is 3. The van der Waals surface area contributed by atoms with Gasteiger partial charge in [-0.15, -0.1) is 23.1 Å². The molecule has 0 saturated carbocycles. The fourth-order valence-electron chi connectivity index (χ4n) is 2.37. The summed E-state index contributed by atoms with van der Waals surface area (Å²) in [4.78, 5) is 5.62. The third-order valence-corrected chi connectivity index (χ3v) is 5.49. The molecule has 3 aromatic heterocycles. The molecule has 4 rings (SSSR count).